The second kappa shape index (κ2) is 19.5. The van der Waals surface area contributed by atoms with Gasteiger partial charge in [0.1, 0.15) is 12.1 Å². The van der Waals surface area contributed by atoms with Gasteiger partial charge < -0.3 is 35.6 Å². The van der Waals surface area contributed by atoms with Crippen molar-refractivity contribution in [1.82, 2.24) is 26.2 Å². The number of carbonyl (C=O) groups excluding carboxylic acids is 7. The van der Waals surface area contributed by atoms with E-state index in [0.717, 1.165) is 57.8 Å². The molecule has 292 valence electrons. The summed E-state index contributed by atoms with van der Waals surface area (Å²) >= 11 is 0. The summed E-state index contributed by atoms with van der Waals surface area (Å²) in [6.45, 7) is 5.65. The van der Waals surface area contributed by atoms with E-state index in [2.05, 4.69) is 21.3 Å². The molecule has 4 unspecified atom stereocenters. The summed E-state index contributed by atoms with van der Waals surface area (Å²) in [5, 5.41) is 10.5. The first-order valence-electron chi connectivity index (χ1n) is 19.2. The van der Waals surface area contributed by atoms with Crippen LogP contribution < -0.4 is 21.3 Å². The molecule has 4 N–H and O–H groups in total. The van der Waals surface area contributed by atoms with E-state index in [-0.39, 0.29) is 36.2 Å². The minimum absolute atomic E-state index is 0.0994. The van der Waals surface area contributed by atoms with Crippen LogP contribution in [0.25, 0.3) is 0 Å². The Morgan fingerprint density at radius 2 is 1.58 bits per heavy atom. The monoisotopic (exact) mass is 739 g/mol. The van der Waals surface area contributed by atoms with E-state index in [1.165, 1.54) is 7.11 Å². The SMILES string of the molecule is CCCC(NC(=O)C1CC2(CCCC2)CN1C(=O)C(NC(=O)OCC(C)C)C1CCCCC1)C(=O)C(=O)NCC(=O)NC(C(=O)OC)c1ccccc1. The molecule has 14 nitrogen and oxygen atoms in total. The third kappa shape index (κ3) is 11.3. The second-order valence-electron chi connectivity index (χ2n) is 15.2. The van der Waals surface area contributed by atoms with E-state index < -0.39 is 66.3 Å². The van der Waals surface area contributed by atoms with E-state index in [1.807, 2.05) is 20.8 Å². The lowest BCUT2D eigenvalue weighted by Gasteiger charge is -2.35. The Morgan fingerprint density at radius 1 is 0.906 bits per heavy atom. The number of esters is 1. The lowest BCUT2D eigenvalue weighted by molar-refractivity contribution is -0.145. The summed E-state index contributed by atoms with van der Waals surface area (Å²) in [5.41, 5.74) is 0.232. The molecule has 1 spiro atoms. The number of hydrogen-bond acceptors (Lipinski definition) is 9. The first kappa shape index (κ1) is 41.3. The maximum absolute atomic E-state index is 14.5. The van der Waals surface area contributed by atoms with Gasteiger partial charge >= 0.3 is 12.1 Å². The molecule has 1 aromatic rings. The van der Waals surface area contributed by atoms with E-state index in [9.17, 15) is 33.6 Å². The van der Waals surface area contributed by atoms with Gasteiger partial charge in [-0.2, -0.15) is 0 Å². The predicted octanol–water partition coefficient (Wildman–Crippen LogP) is 3.48. The Bertz CT molecular complexity index is 1460. The fourth-order valence-electron chi connectivity index (χ4n) is 7.93. The molecule has 1 aliphatic heterocycles. The van der Waals surface area contributed by atoms with Crippen molar-refractivity contribution in [2.75, 3.05) is 26.8 Å². The van der Waals surface area contributed by atoms with Crippen molar-refractivity contribution in [3.05, 3.63) is 35.9 Å². The van der Waals surface area contributed by atoms with Crippen LogP contribution >= 0.6 is 0 Å². The predicted molar refractivity (Wildman–Crippen MR) is 195 cm³/mol. The number of methoxy groups -OCH3 is 1. The molecule has 14 heteroatoms. The molecule has 3 fully saturated rings. The van der Waals surface area contributed by atoms with E-state index >= 15 is 0 Å². The molecule has 4 rings (SSSR count). The van der Waals surface area contributed by atoms with Crippen LogP contribution in [-0.2, 0) is 38.2 Å². The fraction of sp³-hybridized carbons (Fsp3) is 0.667. The molecule has 1 saturated heterocycles. The van der Waals surface area contributed by atoms with Crippen molar-refractivity contribution in [2.45, 2.75) is 122 Å². The zero-order chi connectivity index (χ0) is 38.5. The molecule has 1 heterocycles. The van der Waals surface area contributed by atoms with Crippen LogP contribution in [-0.4, -0.2) is 91.3 Å². The fourth-order valence-corrected chi connectivity index (χ4v) is 7.93. The molecule has 0 radical (unpaired) electrons. The maximum atomic E-state index is 14.5. The number of amides is 5. The minimum atomic E-state index is -1.20. The molecular formula is C39H57N5O9. The average Bonchev–Trinajstić information content (AvgIpc) is 3.80. The molecule has 5 amide bonds. The number of rotatable bonds is 16. The highest BCUT2D eigenvalue weighted by Crippen LogP contribution is 2.48. The van der Waals surface area contributed by atoms with Crippen LogP contribution in [0, 0.1) is 17.3 Å². The third-order valence-electron chi connectivity index (χ3n) is 10.7. The van der Waals surface area contributed by atoms with Gasteiger partial charge in [-0.1, -0.05) is 89.6 Å². The van der Waals surface area contributed by atoms with Crippen molar-refractivity contribution in [3.8, 4) is 0 Å². The highest BCUT2D eigenvalue weighted by molar-refractivity contribution is 6.38. The normalized spacial score (nSPS) is 19.9. The molecule has 2 aliphatic carbocycles. The molecule has 53 heavy (non-hydrogen) atoms. The summed E-state index contributed by atoms with van der Waals surface area (Å²) in [4.78, 5) is 94.7. The Balaban J connectivity index is 1.45. The number of ketones is 1. The highest BCUT2D eigenvalue weighted by atomic mass is 16.5. The van der Waals surface area contributed by atoms with Gasteiger partial charge in [0, 0.05) is 6.54 Å². The Kier molecular flexibility index (Phi) is 15.2. The topological polar surface area (TPSA) is 189 Å². The summed E-state index contributed by atoms with van der Waals surface area (Å²) < 4.78 is 10.2. The zero-order valence-corrected chi connectivity index (χ0v) is 31.6. The number of hydrogen-bond donors (Lipinski definition) is 4. The van der Waals surface area contributed by atoms with Crippen LogP contribution in [0.3, 0.4) is 0 Å². The third-order valence-corrected chi connectivity index (χ3v) is 10.7. The van der Waals surface area contributed by atoms with Crippen molar-refractivity contribution >= 4 is 41.5 Å². The van der Waals surface area contributed by atoms with Crippen molar-refractivity contribution in [1.29, 1.82) is 0 Å². The van der Waals surface area contributed by atoms with Gasteiger partial charge in [0.15, 0.2) is 6.04 Å². The summed E-state index contributed by atoms with van der Waals surface area (Å²) in [6.07, 6.45) is 8.55. The van der Waals surface area contributed by atoms with Crippen LogP contribution in [0.4, 0.5) is 4.79 Å². The van der Waals surface area contributed by atoms with Gasteiger partial charge in [0.05, 0.1) is 26.3 Å². The van der Waals surface area contributed by atoms with Crippen LogP contribution in [0.5, 0.6) is 0 Å². The average molecular weight is 740 g/mol. The Hall–Kier alpha value is -4.49. The van der Waals surface area contributed by atoms with Gasteiger partial charge in [-0.15, -0.1) is 0 Å². The molecule has 3 aliphatic rings. The van der Waals surface area contributed by atoms with Gasteiger partial charge in [0.2, 0.25) is 23.5 Å². The van der Waals surface area contributed by atoms with Crippen LogP contribution in [0.2, 0.25) is 0 Å². The van der Waals surface area contributed by atoms with Crippen LogP contribution in [0.15, 0.2) is 30.3 Å². The summed E-state index contributed by atoms with van der Waals surface area (Å²) in [5.74, 6) is -4.27. The number of nitrogens with one attached hydrogen (secondary N) is 4. The number of alkyl carbamates (subject to hydrolysis) is 1. The largest absolute Gasteiger partial charge is 0.467 e. The van der Waals surface area contributed by atoms with Crippen molar-refractivity contribution in [2.24, 2.45) is 17.3 Å². The molecule has 0 bridgehead atoms. The quantitative estimate of drug-likeness (QED) is 0.145. The number of benzene rings is 1. The van der Waals surface area contributed by atoms with Gasteiger partial charge in [0.25, 0.3) is 5.91 Å². The number of likely N-dealkylation sites (tertiary alicyclic amines) is 1. The van der Waals surface area contributed by atoms with E-state index in [1.54, 1.807) is 35.2 Å². The zero-order valence-electron chi connectivity index (χ0n) is 31.6. The standard InChI is InChI=1S/C39H57N5O9/c1-5-14-28(33(46)35(48)40-22-30(45)42-32(37(50)52-4)27-17-10-7-11-18-27)41-34(47)29-21-39(19-12-13-20-39)24-44(29)36(49)31(26-15-8-6-9-16-26)43-38(51)53-23-25(2)3/h7,10-11,17-18,25-26,28-29,31-32H,5-6,8-9,12-16,19-24H2,1-4H3,(H,40,48)(H,41,47)(H,42,45)(H,43,51). The highest BCUT2D eigenvalue weighted by Gasteiger charge is 2.52. The van der Waals surface area contributed by atoms with Gasteiger partial charge in [-0.25, -0.2) is 9.59 Å². The number of carbonyl (C=O) groups is 7. The maximum Gasteiger partial charge on any atom is 0.407 e. The molecule has 2 saturated carbocycles. The number of Topliss-reactive ketones (excluding diaryl/α,β-unsaturated/α-hetero) is 1. The summed E-state index contributed by atoms with van der Waals surface area (Å²) in [7, 11) is 1.19. The number of nitrogens with zero attached hydrogens (tertiary/aromatic N) is 1. The van der Waals surface area contributed by atoms with Crippen molar-refractivity contribution in [3.63, 3.8) is 0 Å². The molecule has 0 aromatic heterocycles. The smallest absolute Gasteiger partial charge is 0.407 e. The minimum Gasteiger partial charge on any atom is -0.467 e. The molecular weight excluding hydrogens is 682 g/mol. The first-order chi connectivity index (χ1) is 25.4. The van der Waals surface area contributed by atoms with Crippen LogP contribution in [0.1, 0.15) is 109 Å². The van der Waals surface area contributed by atoms with E-state index in [4.69, 9.17) is 9.47 Å². The molecule has 4 atom stereocenters. The van der Waals surface area contributed by atoms with Crippen molar-refractivity contribution < 1.29 is 43.0 Å². The number of ether oxygens (including phenoxy) is 2. The molecule has 1 aromatic carbocycles. The summed E-state index contributed by atoms with van der Waals surface area (Å²) in [6, 6.07) is 4.38. The van der Waals surface area contributed by atoms with Gasteiger partial charge in [-0.05, 0) is 61.3 Å². The first-order valence-corrected chi connectivity index (χ1v) is 19.2. The van der Waals surface area contributed by atoms with Gasteiger partial charge in [-0.3, -0.25) is 24.0 Å². The lowest BCUT2D eigenvalue weighted by atomic mass is 9.83. The Labute approximate surface area is 312 Å². The Morgan fingerprint density at radius 3 is 2.21 bits per heavy atom. The van der Waals surface area contributed by atoms with E-state index in [0.29, 0.717) is 24.9 Å². The lowest BCUT2D eigenvalue weighted by Crippen LogP contribution is -2.58. The second-order valence-corrected chi connectivity index (χ2v) is 15.2.